The van der Waals surface area contributed by atoms with Crippen molar-refractivity contribution in [2.45, 2.75) is 53.6 Å². The first-order valence-corrected chi connectivity index (χ1v) is 11.0. The van der Waals surface area contributed by atoms with Gasteiger partial charge in [-0.1, -0.05) is 63.4 Å². The van der Waals surface area contributed by atoms with E-state index in [2.05, 4.69) is 35.4 Å². The average molecular weight is 469 g/mol. The van der Waals surface area contributed by atoms with Crippen LogP contribution in [0.5, 0.6) is 0 Å². The summed E-state index contributed by atoms with van der Waals surface area (Å²) >= 11 is 0. The Morgan fingerprint density at radius 2 is 1.74 bits per heavy atom. The zero-order valence-electron chi connectivity index (χ0n) is 21.2. The number of hydrogen-bond acceptors (Lipinski definition) is 6. The van der Waals surface area contributed by atoms with Crippen LogP contribution in [-0.4, -0.2) is 40.2 Å². The number of amides is 2. The lowest BCUT2D eigenvalue weighted by Crippen LogP contribution is -2.56. The van der Waals surface area contributed by atoms with Gasteiger partial charge in [0.05, 0.1) is 17.0 Å². The molecule has 34 heavy (non-hydrogen) atoms. The minimum atomic E-state index is -1.06. The molecule has 1 aromatic rings. The number of aliphatic hydroxyl groups excluding tert-OH is 1. The van der Waals surface area contributed by atoms with Gasteiger partial charge in [0, 0.05) is 13.6 Å². The van der Waals surface area contributed by atoms with Gasteiger partial charge in [-0.15, -0.1) is 0 Å². The first-order valence-electron chi connectivity index (χ1n) is 11.0. The number of nitrogens with zero attached hydrogens (tertiary/aromatic N) is 2. The van der Waals surface area contributed by atoms with E-state index in [1.54, 1.807) is 27.8 Å². The highest BCUT2D eigenvalue weighted by Gasteiger charge is 2.37. The molecule has 0 radical (unpaired) electrons. The largest absolute Gasteiger partial charge is 0.504 e. The summed E-state index contributed by atoms with van der Waals surface area (Å²) in [6.07, 6.45) is 0. The number of ether oxygens (including phenoxy) is 1. The summed E-state index contributed by atoms with van der Waals surface area (Å²) in [6, 6.07) is 7.71. The number of carbonyl (C=O) groups is 2. The molecule has 3 N–H and O–H groups in total. The number of benzene rings is 1. The van der Waals surface area contributed by atoms with Gasteiger partial charge in [-0.2, -0.15) is 0 Å². The highest BCUT2D eigenvalue weighted by molar-refractivity contribution is 6.04. The van der Waals surface area contributed by atoms with E-state index in [0.717, 1.165) is 11.1 Å². The molecule has 8 heteroatoms. The highest BCUT2D eigenvalue weighted by Crippen LogP contribution is 2.26. The molecule has 0 fully saturated rings. The lowest BCUT2D eigenvalue weighted by Gasteiger charge is -2.37. The molecule has 0 bridgehead atoms. The van der Waals surface area contributed by atoms with Crippen molar-refractivity contribution in [3.63, 3.8) is 0 Å². The van der Waals surface area contributed by atoms with E-state index in [1.807, 2.05) is 45.0 Å². The third-order valence-corrected chi connectivity index (χ3v) is 4.76. The van der Waals surface area contributed by atoms with E-state index < -0.39 is 17.4 Å². The molecule has 0 saturated carbocycles. The third-order valence-electron chi connectivity index (χ3n) is 4.76. The summed E-state index contributed by atoms with van der Waals surface area (Å²) < 4.78 is 5.17. The van der Waals surface area contributed by atoms with Crippen molar-refractivity contribution in [2.75, 3.05) is 7.05 Å². The molecule has 0 saturated heterocycles. The van der Waals surface area contributed by atoms with Crippen LogP contribution in [0.4, 0.5) is 0 Å². The molecule has 184 valence electrons. The SMILES string of the molecule is C=C(C)OC(=C)C(=O)NC(C)(C)C1=NC(C(=O)NCc2ccc(C)cc2)=C(O)C(=C)N1C.CC. The monoisotopic (exact) mass is 468 g/mol. The average Bonchev–Trinajstić information content (AvgIpc) is 2.77. The number of hydrogen-bond donors (Lipinski definition) is 3. The molecule has 0 unspecified atom stereocenters. The molecular weight excluding hydrogens is 432 g/mol. The summed E-state index contributed by atoms with van der Waals surface area (Å²) in [5, 5.41) is 16.0. The van der Waals surface area contributed by atoms with Crippen LogP contribution in [0.15, 0.2) is 77.7 Å². The second-order valence-electron chi connectivity index (χ2n) is 8.11. The predicted octanol–water partition coefficient (Wildman–Crippen LogP) is 4.22. The molecule has 0 aliphatic carbocycles. The van der Waals surface area contributed by atoms with E-state index in [1.165, 1.54) is 4.90 Å². The molecule has 1 aliphatic rings. The second-order valence-corrected chi connectivity index (χ2v) is 8.11. The number of allylic oxidation sites excluding steroid dienone is 1. The van der Waals surface area contributed by atoms with Crippen LogP contribution in [0, 0.1) is 6.92 Å². The lowest BCUT2D eigenvalue weighted by atomic mass is 10.00. The van der Waals surface area contributed by atoms with Crippen molar-refractivity contribution in [3.8, 4) is 0 Å². The Kier molecular flexibility index (Phi) is 9.86. The van der Waals surface area contributed by atoms with Crippen molar-refractivity contribution in [1.82, 2.24) is 15.5 Å². The molecule has 2 rings (SSSR count). The van der Waals surface area contributed by atoms with Gasteiger partial charge < -0.3 is 25.4 Å². The van der Waals surface area contributed by atoms with Gasteiger partial charge in [0.15, 0.2) is 17.2 Å². The molecule has 1 aliphatic heterocycles. The van der Waals surface area contributed by atoms with Gasteiger partial charge in [-0.3, -0.25) is 9.59 Å². The van der Waals surface area contributed by atoms with Gasteiger partial charge in [-0.05, 0) is 33.3 Å². The molecule has 0 aromatic heterocycles. The molecule has 8 nitrogen and oxygen atoms in total. The number of amidine groups is 1. The lowest BCUT2D eigenvalue weighted by molar-refractivity contribution is -0.121. The summed E-state index contributed by atoms with van der Waals surface area (Å²) in [5.41, 5.74) is 0.953. The highest BCUT2D eigenvalue weighted by atomic mass is 16.5. The number of rotatable bonds is 8. The van der Waals surface area contributed by atoms with E-state index in [-0.39, 0.29) is 29.5 Å². The Labute approximate surface area is 202 Å². The number of aliphatic imine (C=N–C) groups is 1. The number of aliphatic hydroxyl groups is 1. The summed E-state index contributed by atoms with van der Waals surface area (Å²) in [6.45, 7) is 22.3. The smallest absolute Gasteiger partial charge is 0.287 e. The third kappa shape index (κ3) is 7.10. The van der Waals surface area contributed by atoms with Crippen molar-refractivity contribution in [1.29, 1.82) is 0 Å². The summed E-state index contributed by atoms with van der Waals surface area (Å²) in [4.78, 5) is 31.1. The summed E-state index contributed by atoms with van der Waals surface area (Å²) in [5.74, 6) is -0.968. The van der Waals surface area contributed by atoms with Crippen LogP contribution >= 0.6 is 0 Å². The van der Waals surface area contributed by atoms with Crippen LogP contribution in [0.2, 0.25) is 0 Å². The zero-order valence-corrected chi connectivity index (χ0v) is 21.2. The molecule has 0 atom stereocenters. The maximum Gasteiger partial charge on any atom is 0.287 e. The van der Waals surface area contributed by atoms with E-state index in [9.17, 15) is 14.7 Å². The minimum Gasteiger partial charge on any atom is -0.504 e. The topological polar surface area (TPSA) is 103 Å². The Morgan fingerprint density at radius 3 is 2.26 bits per heavy atom. The number of likely N-dealkylation sites (N-methyl/N-ethyl adjacent to an activating group) is 1. The van der Waals surface area contributed by atoms with Crippen LogP contribution < -0.4 is 10.6 Å². The molecule has 1 aromatic carbocycles. The molecule has 2 amide bonds. The fraction of sp³-hybridized carbons (Fsp3) is 0.346. The van der Waals surface area contributed by atoms with Gasteiger partial charge in [0.2, 0.25) is 0 Å². The molecule has 0 spiro atoms. The van der Waals surface area contributed by atoms with Crippen molar-refractivity contribution < 1.29 is 19.4 Å². The van der Waals surface area contributed by atoms with Crippen molar-refractivity contribution in [2.24, 2.45) is 4.99 Å². The fourth-order valence-electron chi connectivity index (χ4n) is 3.01. The first-order chi connectivity index (χ1) is 15.8. The maximum atomic E-state index is 12.8. The minimum absolute atomic E-state index is 0.127. The Morgan fingerprint density at radius 1 is 1.18 bits per heavy atom. The number of aryl methyl sites for hydroxylation is 1. The van der Waals surface area contributed by atoms with E-state index in [4.69, 9.17) is 4.74 Å². The fourth-order valence-corrected chi connectivity index (χ4v) is 3.01. The van der Waals surface area contributed by atoms with Crippen LogP contribution in [0.3, 0.4) is 0 Å². The normalized spacial score (nSPS) is 13.3. The van der Waals surface area contributed by atoms with Gasteiger partial charge >= 0.3 is 0 Å². The number of carbonyl (C=O) groups excluding carboxylic acids is 2. The first kappa shape index (κ1) is 28.2. The zero-order chi connectivity index (χ0) is 26.2. The van der Waals surface area contributed by atoms with E-state index >= 15 is 0 Å². The second kappa shape index (κ2) is 11.9. The van der Waals surface area contributed by atoms with Gasteiger partial charge in [0.25, 0.3) is 11.8 Å². The number of nitrogens with one attached hydrogen (secondary N) is 2. The van der Waals surface area contributed by atoms with E-state index in [0.29, 0.717) is 11.6 Å². The van der Waals surface area contributed by atoms with Crippen LogP contribution in [0.1, 0.15) is 45.7 Å². The van der Waals surface area contributed by atoms with Gasteiger partial charge in [-0.25, -0.2) is 4.99 Å². The predicted molar refractivity (Wildman–Crippen MR) is 136 cm³/mol. The standard InChI is InChI=1S/C24H30N4O4.C2H6/c1-14(2)32-17(5)21(30)27-24(6,7)23-26-19(20(29)16(4)28(23)8)22(31)25-13-18-11-9-15(3)10-12-18;1-2/h9-12,29H,1,4-5,13H2,2-3,6-8H3,(H,25,31)(H,27,30);1-2H3. The maximum absolute atomic E-state index is 12.8. The quantitative estimate of drug-likeness (QED) is 0.391. The summed E-state index contributed by atoms with van der Waals surface area (Å²) in [7, 11) is 1.63. The van der Waals surface area contributed by atoms with Crippen molar-refractivity contribution >= 4 is 17.6 Å². The Balaban J connectivity index is 0.00000281. The van der Waals surface area contributed by atoms with Crippen molar-refractivity contribution in [3.05, 3.63) is 83.8 Å². The molecule has 1 heterocycles. The Bertz CT molecular complexity index is 1030. The van der Waals surface area contributed by atoms with Crippen LogP contribution in [-0.2, 0) is 20.9 Å². The van der Waals surface area contributed by atoms with Crippen LogP contribution in [0.25, 0.3) is 0 Å². The Hall–Kier alpha value is -3.81. The van der Waals surface area contributed by atoms with Gasteiger partial charge in [0.1, 0.15) is 5.84 Å². The molecular formula is C26H36N4O4.